The van der Waals surface area contributed by atoms with Crippen LogP contribution in [0.1, 0.15) is 44.9 Å². The van der Waals surface area contributed by atoms with E-state index < -0.39 is 0 Å². The van der Waals surface area contributed by atoms with Crippen molar-refractivity contribution >= 4 is 11.9 Å². The van der Waals surface area contributed by atoms with Crippen LogP contribution in [-0.2, 0) is 0 Å². The highest BCUT2D eigenvalue weighted by molar-refractivity contribution is 5.76. The van der Waals surface area contributed by atoms with Crippen LogP contribution in [0, 0.1) is 10.8 Å². The smallest absolute Gasteiger partial charge is 0.188 e. The lowest BCUT2D eigenvalue weighted by Crippen LogP contribution is -2.35. The van der Waals surface area contributed by atoms with Gasteiger partial charge in [0.25, 0.3) is 0 Å². The molecule has 0 aliphatic rings. The summed E-state index contributed by atoms with van der Waals surface area (Å²) in [4.78, 5) is 0. The van der Waals surface area contributed by atoms with Crippen molar-refractivity contribution < 1.29 is 0 Å². The molecule has 0 radical (unpaired) electrons. The third kappa shape index (κ3) is 18.6. The summed E-state index contributed by atoms with van der Waals surface area (Å²) in [6.45, 7) is 5.89. The van der Waals surface area contributed by atoms with Crippen LogP contribution in [0.2, 0.25) is 0 Å². The maximum atomic E-state index is 7.38. The molecular weight excluding hydrogens is 316 g/mol. The molecule has 0 saturated carbocycles. The number of nitrogens with one attached hydrogen (secondary N) is 8. The zero-order valence-electron chi connectivity index (χ0n) is 16.2. The topological polar surface area (TPSA) is 120 Å². The molecule has 8 nitrogen and oxygen atoms in total. The summed E-state index contributed by atoms with van der Waals surface area (Å²) in [6, 6.07) is 0. The number of rotatable bonds is 16. The van der Waals surface area contributed by atoms with Gasteiger partial charge in [-0.15, -0.1) is 0 Å². The van der Waals surface area contributed by atoms with Crippen LogP contribution in [0.15, 0.2) is 0 Å². The molecule has 0 spiro atoms. The maximum absolute atomic E-state index is 7.38. The molecule has 0 aromatic heterocycles. The van der Waals surface area contributed by atoms with E-state index in [9.17, 15) is 0 Å². The first-order valence-corrected chi connectivity index (χ1v) is 9.62. The van der Waals surface area contributed by atoms with Gasteiger partial charge in [0.2, 0.25) is 0 Å². The van der Waals surface area contributed by atoms with E-state index in [1.54, 1.807) is 14.1 Å². The Hall–Kier alpha value is -1.54. The fraction of sp³-hybridized carbons (Fsp3) is 0.882. The van der Waals surface area contributed by atoms with E-state index in [2.05, 4.69) is 31.9 Å². The van der Waals surface area contributed by atoms with Gasteiger partial charge < -0.3 is 31.9 Å². The summed E-state index contributed by atoms with van der Waals surface area (Å²) < 4.78 is 0. The van der Waals surface area contributed by atoms with Gasteiger partial charge in [-0.3, -0.25) is 10.8 Å². The number of unbranched alkanes of at least 4 members (excludes halogenated alkanes) is 4. The molecule has 0 rings (SSSR count). The molecule has 0 unspecified atom stereocenters. The molecule has 0 aromatic rings. The first-order valence-electron chi connectivity index (χ1n) is 9.62. The van der Waals surface area contributed by atoms with Crippen LogP contribution >= 0.6 is 0 Å². The number of hydrogen-bond acceptors (Lipinski definition) is 4. The average Bonchev–Trinajstić information content (AvgIpc) is 2.63. The molecular formula is C17H40N8. The lowest BCUT2D eigenvalue weighted by molar-refractivity contribution is 0.546. The van der Waals surface area contributed by atoms with Gasteiger partial charge in [-0.2, -0.15) is 0 Å². The molecule has 8 N–H and O–H groups in total. The first kappa shape index (κ1) is 23.5. The molecule has 0 fully saturated rings. The Morgan fingerprint density at radius 1 is 0.520 bits per heavy atom. The summed E-state index contributed by atoms with van der Waals surface area (Å²) >= 11 is 0. The Morgan fingerprint density at radius 2 is 0.880 bits per heavy atom. The largest absolute Gasteiger partial charge is 0.360 e. The van der Waals surface area contributed by atoms with Gasteiger partial charge in [0, 0.05) is 27.2 Å². The average molecular weight is 357 g/mol. The summed E-state index contributed by atoms with van der Waals surface area (Å²) in [6.07, 6.45) is 8.48. The quantitative estimate of drug-likeness (QED) is 0.115. The van der Waals surface area contributed by atoms with Crippen LogP contribution in [0.5, 0.6) is 0 Å². The fourth-order valence-electron chi connectivity index (χ4n) is 2.31. The van der Waals surface area contributed by atoms with E-state index in [1.807, 2.05) is 0 Å². The van der Waals surface area contributed by atoms with Crippen LogP contribution in [0.4, 0.5) is 0 Å². The molecule has 0 atom stereocenters. The fourth-order valence-corrected chi connectivity index (χ4v) is 2.31. The molecule has 0 heterocycles. The van der Waals surface area contributed by atoms with Gasteiger partial charge in [-0.25, -0.2) is 0 Å². The predicted octanol–water partition coefficient (Wildman–Crippen LogP) is 0.384. The van der Waals surface area contributed by atoms with Crippen LogP contribution in [-0.4, -0.2) is 65.3 Å². The number of hydrogen-bond donors (Lipinski definition) is 8. The second-order valence-electron chi connectivity index (χ2n) is 6.08. The van der Waals surface area contributed by atoms with Crippen molar-refractivity contribution in [3.63, 3.8) is 0 Å². The van der Waals surface area contributed by atoms with Crippen molar-refractivity contribution in [2.24, 2.45) is 0 Å². The van der Waals surface area contributed by atoms with Gasteiger partial charge in [0.15, 0.2) is 11.9 Å². The second-order valence-corrected chi connectivity index (χ2v) is 6.08. The molecule has 0 aliphatic carbocycles. The Balaban J connectivity index is 3.05. The van der Waals surface area contributed by atoms with Gasteiger partial charge in [-0.1, -0.05) is 19.3 Å². The zero-order valence-corrected chi connectivity index (χ0v) is 16.2. The molecule has 0 amide bonds. The Labute approximate surface area is 153 Å². The normalized spacial score (nSPS) is 10.3. The maximum Gasteiger partial charge on any atom is 0.188 e. The van der Waals surface area contributed by atoms with Crippen LogP contribution in [0.3, 0.4) is 0 Å². The van der Waals surface area contributed by atoms with E-state index in [4.69, 9.17) is 10.8 Å². The lowest BCUT2D eigenvalue weighted by atomic mass is 10.1. The minimum Gasteiger partial charge on any atom is -0.360 e. The summed E-state index contributed by atoms with van der Waals surface area (Å²) in [5, 5.41) is 33.2. The first-order chi connectivity index (χ1) is 12.2. The number of guanidine groups is 2. The molecule has 0 bridgehead atoms. The molecule has 0 aliphatic heterocycles. The molecule has 8 heteroatoms. The predicted molar refractivity (Wildman–Crippen MR) is 108 cm³/mol. The summed E-state index contributed by atoms with van der Waals surface area (Å²) in [5.74, 6) is 0.779. The Kier molecular flexibility index (Phi) is 17.6. The Bertz CT molecular complexity index is 292. The third-order valence-corrected chi connectivity index (χ3v) is 3.87. The van der Waals surface area contributed by atoms with Gasteiger partial charge in [-0.05, 0) is 51.9 Å². The standard InChI is InChI=1S/C17H40N8/c1-20-16(18)24-14-8-12-22-10-6-4-3-5-7-11-23-13-9-15-25-17(19)21-2/h22-23H,3-15H2,1-2H3,(H3,18,20,24)(H3,19,21,25). The molecule has 0 aromatic carbocycles. The van der Waals surface area contributed by atoms with Crippen molar-refractivity contribution in [1.29, 1.82) is 10.8 Å². The van der Waals surface area contributed by atoms with Crippen molar-refractivity contribution in [3.05, 3.63) is 0 Å². The molecule has 148 valence electrons. The van der Waals surface area contributed by atoms with Gasteiger partial charge in [0.05, 0.1) is 0 Å². The summed E-state index contributed by atoms with van der Waals surface area (Å²) in [7, 11) is 3.50. The van der Waals surface area contributed by atoms with E-state index in [-0.39, 0.29) is 0 Å². The second kappa shape index (κ2) is 18.8. The van der Waals surface area contributed by atoms with Crippen molar-refractivity contribution in [3.8, 4) is 0 Å². The van der Waals surface area contributed by atoms with Crippen LogP contribution in [0.25, 0.3) is 0 Å². The Morgan fingerprint density at radius 3 is 1.28 bits per heavy atom. The highest BCUT2D eigenvalue weighted by Crippen LogP contribution is 2.01. The highest BCUT2D eigenvalue weighted by Gasteiger charge is 1.94. The van der Waals surface area contributed by atoms with Gasteiger partial charge >= 0.3 is 0 Å². The highest BCUT2D eigenvalue weighted by atomic mass is 15.1. The third-order valence-electron chi connectivity index (χ3n) is 3.87. The zero-order chi connectivity index (χ0) is 18.6. The van der Waals surface area contributed by atoms with E-state index in [0.29, 0.717) is 11.9 Å². The van der Waals surface area contributed by atoms with E-state index >= 15 is 0 Å². The SMILES string of the molecule is CNC(=N)NCCCNCCCCCCCNCCCNC(=N)NC. The molecule has 0 saturated heterocycles. The van der Waals surface area contributed by atoms with Crippen molar-refractivity contribution in [1.82, 2.24) is 31.9 Å². The monoisotopic (exact) mass is 356 g/mol. The van der Waals surface area contributed by atoms with Gasteiger partial charge in [0.1, 0.15) is 0 Å². The minimum atomic E-state index is 0.389. The minimum absolute atomic E-state index is 0.389. The molecule has 25 heavy (non-hydrogen) atoms. The van der Waals surface area contributed by atoms with E-state index in [1.165, 1.54) is 32.1 Å². The van der Waals surface area contributed by atoms with Crippen LogP contribution < -0.4 is 31.9 Å². The summed E-state index contributed by atoms with van der Waals surface area (Å²) in [5.41, 5.74) is 0. The van der Waals surface area contributed by atoms with Crippen molar-refractivity contribution in [2.75, 3.05) is 53.4 Å². The lowest BCUT2D eigenvalue weighted by Gasteiger charge is -2.08. The van der Waals surface area contributed by atoms with Crippen molar-refractivity contribution in [2.45, 2.75) is 44.9 Å². The van der Waals surface area contributed by atoms with E-state index in [0.717, 1.165) is 52.1 Å².